The monoisotopic (exact) mass is 452 g/mol. The molecule has 0 unspecified atom stereocenters. The van der Waals surface area contributed by atoms with Crippen molar-refractivity contribution in [2.45, 2.75) is 19.8 Å². The molecule has 0 radical (unpaired) electrons. The number of benzene rings is 1. The van der Waals surface area contributed by atoms with Gasteiger partial charge in [-0.25, -0.2) is 14.4 Å². The number of aromatic nitrogens is 4. The minimum Gasteiger partial charge on any atom is -0.352 e. The Labute approximate surface area is 189 Å². The minimum absolute atomic E-state index is 0.0920. The Bertz CT molecular complexity index is 1270. The SMILES string of the molecule is C=CC(=O)N1CCN(c2ncnc3c(F)c(C4=C(C)CCc5[nH]ncc54)c(Cl)cc23)CC1. The number of aryl methyl sites for hydroxylation is 1. The van der Waals surface area contributed by atoms with Gasteiger partial charge in [-0.2, -0.15) is 5.10 Å². The van der Waals surface area contributed by atoms with Crippen LogP contribution >= 0.6 is 11.6 Å². The van der Waals surface area contributed by atoms with Crippen LogP contribution in [0.3, 0.4) is 0 Å². The third-order valence-electron chi connectivity index (χ3n) is 6.28. The predicted molar refractivity (Wildman–Crippen MR) is 122 cm³/mol. The smallest absolute Gasteiger partial charge is 0.246 e. The summed E-state index contributed by atoms with van der Waals surface area (Å²) in [6.07, 6.45) is 6.07. The van der Waals surface area contributed by atoms with Crippen molar-refractivity contribution >= 4 is 39.8 Å². The summed E-state index contributed by atoms with van der Waals surface area (Å²) < 4.78 is 15.9. The third kappa shape index (κ3) is 3.26. The second kappa shape index (κ2) is 8.02. The summed E-state index contributed by atoms with van der Waals surface area (Å²) in [5.74, 6) is 0.0667. The number of nitrogens with one attached hydrogen (secondary N) is 1. The van der Waals surface area contributed by atoms with Gasteiger partial charge < -0.3 is 9.80 Å². The van der Waals surface area contributed by atoms with Crippen LogP contribution in [-0.4, -0.2) is 57.2 Å². The Hall–Kier alpha value is -3.26. The number of allylic oxidation sites excluding steroid dienone is 1. The van der Waals surface area contributed by atoms with E-state index in [2.05, 4.69) is 26.7 Å². The van der Waals surface area contributed by atoms with Crippen LogP contribution < -0.4 is 4.90 Å². The van der Waals surface area contributed by atoms with Crippen LogP contribution in [0.4, 0.5) is 10.2 Å². The van der Waals surface area contributed by atoms with Gasteiger partial charge in [0.2, 0.25) is 5.91 Å². The predicted octanol–water partition coefficient (Wildman–Crippen LogP) is 3.75. The average molecular weight is 453 g/mol. The molecular formula is C23H22ClFN6O. The number of halogens is 2. The van der Waals surface area contributed by atoms with Crippen molar-refractivity contribution in [3.63, 3.8) is 0 Å². The van der Waals surface area contributed by atoms with Crippen LogP contribution in [0, 0.1) is 5.82 Å². The molecule has 0 atom stereocenters. The Morgan fingerprint density at radius 2 is 2.03 bits per heavy atom. The molecular weight excluding hydrogens is 431 g/mol. The Morgan fingerprint density at radius 1 is 1.25 bits per heavy atom. The van der Waals surface area contributed by atoms with Gasteiger partial charge in [-0.05, 0) is 37.5 Å². The highest BCUT2D eigenvalue weighted by Crippen LogP contribution is 2.42. The first-order chi connectivity index (χ1) is 15.5. The van der Waals surface area contributed by atoms with E-state index in [-0.39, 0.29) is 11.4 Å². The second-order valence-electron chi connectivity index (χ2n) is 8.07. The molecule has 5 rings (SSSR count). The van der Waals surface area contributed by atoms with Crippen LogP contribution in [-0.2, 0) is 11.2 Å². The highest BCUT2D eigenvalue weighted by molar-refractivity contribution is 6.33. The van der Waals surface area contributed by atoms with Crippen molar-refractivity contribution < 1.29 is 9.18 Å². The van der Waals surface area contributed by atoms with E-state index < -0.39 is 5.82 Å². The molecule has 7 nitrogen and oxygen atoms in total. The molecule has 0 spiro atoms. The van der Waals surface area contributed by atoms with Gasteiger partial charge in [0.05, 0.1) is 11.2 Å². The highest BCUT2D eigenvalue weighted by Gasteiger charge is 2.28. The van der Waals surface area contributed by atoms with Crippen molar-refractivity contribution in [2.75, 3.05) is 31.1 Å². The van der Waals surface area contributed by atoms with E-state index in [1.807, 2.05) is 11.8 Å². The molecule has 2 aliphatic rings. The lowest BCUT2D eigenvalue weighted by molar-refractivity contribution is -0.126. The fourth-order valence-corrected chi connectivity index (χ4v) is 4.89. The van der Waals surface area contributed by atoms with Gasteiger partial charge in [0, 0.05) is 48.4 Å². The van der Waals surface area contributed by atoms with Crippen molar-refractivity contribution in [2.24, 2.45) is 0 Å². The molecule has 1 fully saturated rings. The van der Waals surface area contributed by atoms with Gasteiger partial charge in [-0.15, -0.1) is 0 Å². The first-order valence-electron chi connectivity index (χ1n) is 10.5. The number of carbonyl (C=O) groups excluding carboxylic acids is 1. The van der Waals surface area contributed by atoms with Gasteiger partial charge in [-0.3, -0.25) is 9.89 Å². The number of anilines is 1. The van der Waals surface area contributed by atoms with Crippen molar-refractivity contribution in [3.8, 4) is 0 Å². The molecule has 2 aromatic heterocycles. The van der Waals surface area contributed by atoms with E-state index in [0.29, 0.717) is 48.0 Å². The molecule has 1 amide bonds. The van der Waals surface area contributed by atoms with Crippen LogP contribution in [0.25, 0.3) is 16.5 Å². The zero-order valence-electron chi connectivity index (χ0n) is 17.7. The molecule has 1 aliphatic heterocycles. The molecule has 32 heavy (non-hydrogen) atoms. The third-order valence-corrected chi connectivity index (χ3v) is 6.58. The standard InChI is InChI=1S/C23H22ClFN6O/c1-3-18(32)30-6-8-31(9-7-30)23-14-10-16(24)20(21(25)22(14)26-12-27-23)19-13(2)4-5-17-15(19)11-28-29-17/h3,10-12H,1,4-9H2,2H3,(H,28,29). The Morgan fingerprint density at radius 3 is 2.78 bits per heavy atom. The highest BCUT2D eigenvalue weighted by atomic mass is 35.5. The summed E-state index contributed by atoms with van der Waals surface area (Å²) in [5, 5.41) is 8.02. The summed E-state index contributed by atoms with van der Waals surface area (Å²) >= 11 is 6.69. The maximum atomic E-state index is 15.9. The maximum Gasteiger partial charge on any atom is 0.246 e. The summed E-state index contributed by atoms with van der Waals surface area (Å²) in [6, 6.07) is 1.75. The molecule has 0 bridgehead atoms. The maximum absolute atomic E-state index is 15.9. The lowest BCUT2D eigenvalue weighted by Crippen LogP contribution is -2.48. The van der Waals surface area contributed by atoms with E-state index in [1.54, 1.807) is 17.2 Å². The van der Waals surface area contributed by atoms with Crippen molar-refractivity contribution in [1.29, 1.82) is 0 Å². The van der Waals surface area contributed by atoms with Gasteiger partial charge >= 0.3 is 0 Å². The number of fused-ring (bicyclic) bond motifs is 2. The van der Waals surface area contributed by atoms with Crippen molar-refractivity contribution in [3.05, 3.63) is 64.5 Å². The van der Waals surface area contributed by atoms with E-state index in [0.717, 1.165) is 35.2 Å². The van der Waals surface area contributed by atoms with Crippen LogP contribution in [0.5, 0.6) is 0 Å². The van der Waals surface area contributed by atoms with Gasteiger partial charge in [0.25, 0.3) is 0 Å². The lowest BCUT2D eigenvalue weighted by Gasteiger charge is -2.35. The number of hydrogen-bond donors (Lipinski definition) is 1. The van der Waals surface area contributed by atoms with E-state index in [1.165, 1.54) is 12.4 Å². The molecule has 1 saturated heterocycles. The molecule has 1 N–H and O–H groups in total. The molecule has 3 aromatic rings. The molecule has 9 heteroatoms. The second-order valence-corrected chi connectivity index (χ2v) is 8.48. The zero-order valence-corrected chi connectivity index (χ0v) is 18.4. The van der Waals surface area contributed by atoms with Gasteiger partial charge in [0.1, 0.15) is 17.7 Å². The number of rotatable bonds is 3. The number of carbonyl (C=O) groups is 1. The number of nitrogens with zero attached hydrogens (tertiary/aromatic N) is 5. The van der Waals surface area contributed by atoms with Crippen LogP contribution in [0.15, 0.2) is 36.8 Å². The normalized spacial score (nSPS) is 16.5. The number of hydrogen-bond acceptors (Lipinski definition) is 5. The summed E-state index contributed by atoms with van der Waals surface area (Å²) in [6.45, 7) is 7.79. The average Bonchev–Trinajstić information content (AvgIpc) is 3.28. The summed E-state index contributed by atoms with van der Waals surface area (Å²) in [7, 11) is 0. The first kappa shape index (κ1) is 20.6. The Balaban J connectivity index is 1.58. The number of piperazine rings is 1. The largest absolute Gasteiger partial charge is 0.352 e. The number of aromatic amines is 1. The first-order valence-corrected chi connectivity index (χ1v) is 10.9. The van der Waals surface area contributed by atoms with Crippen LogP contribution in [0.1, 0.15) is 30.2 Å². The fraction of sp³-hybridized carbons (Fsp3) is 0.304. The van der Waals surface area contributed by atoms with Crippen LogP contribution in [0.2, 0.25) is 5.02 Å². The fourth-order valence-electron chi connectivity index (χ4n) is 4.60. The van der Waals surface area contributed by atoms with Gasteiger partial charge in [-0.1, -0.05) is 23.8 Å². The quantitative estimate of drug-likeness (QED) is 0.612. The van der Waals surface area contributed by atoms with E-state index in [9.17, 15) is 4.79 Å². The topological polar surface area (TPSA) is 78.0 Å². The molecule has 0 saturated carbocycles. The van der Waals surface area contributed by atoms with E-state index >= 15 is 4.39 Å². The molecule has 164 valence electrons. The Kier molecular flexibility index (Phi) is 5.17. The van der Waals surface area contributed by atoms with Crippen molar-refractivity contribution in [1.82, 2.24) is 25.1 Å². The molecule has 1 aromatic carbocycles. The minimum atomic E-state index is -0.458. The van der Waals surface area contributed by atoms with E-state index in [4.69, 9.17) is 11.6 Å². The molecule has 3 heterocycles. The summed E-state index contributed by atoms with van der Waals surface area (Å²) in [5.41, 5.74) is 4.29. The number of amides is 1. The van der Waals surface area contributed by atoms with Gasteiger partial charge in [0.15, 0.2) is 5.82 Å². The zero-order chi connectivity index (χ0) is 22.4. The summed E-state index contributed by atoms with van der Waals surface area (Å²) in [4.78, 5) is 24.3. The molecule has 1 aliphatic carbocycles. The number of H-pyrrole nitrogens is 1. The lowest BCUT2D eigenvalue weighted by atomic mass is 9.86.